The molecule has 0 aromatic carbocycles. The van der Waals surface area contributed by atoms with Crippen LogP contribution >= 0.6 is 0 Å². The van der Waals surface area contributed by atoms with Crippen molar-refractivity contribution >= 4 is 10.0 Å². The molecule has 1 saturated heterocycles. The fourth-order valence-electron chi connectivity index (χ4n) is 1.58. The maximum atomic E-state index is 11.8. The topological polar surface area (TPSA) is 67.4 Å². The van der Waals surface area contributed by atoms with Crippen LogP contribution in [0, 0.1) is 0 Å². The van der Waals surface area contributed by atoms with Gasteiger partial charge in [0.05, 0.1) is 5.25 Å². The largest absolute Gasteiger partial charge is 0.381 e. The first-order valence-corrected chi connectivity index (χ1v) is 6.92. The Balaban J connectivity index is 2.30. The van der Waals surface area contributed by atoms with E-state index in [-0.39, 0.29) is 5.25 Å². The van der Waals surface area contributed by atoms with Gasteiger partial charge in [-0.05, 0) is 32.9 Å². The summed E-state index contributed by atoms with van der Waals surface area (Å²) >= 11 is 0. The highest BCUT2D eigenvalue weighted by molar-refractivity contribution is 7.90. The van der Waals surface area contributed by atoms with Crippen LogP contribution in [0.1, 0.15) is 19.3 Å². The molecule has 90 valence electrons. The Labute approximate surface area is 91.6 Å². The highest BCUT2D eigenvalue weighted by Crippen LogP contribution is 2.14. The molecular weight excluding hydrogens is 216 g/mol. The maximum Gasteiger partial charge on any atom is 0.214 e. The molecule has 0 radical (unpaired) electrons. The molecular formula is C9H20N2O3S. The molecule has 1 aliphatic heterocycles. The van der Waals surface area contributed by atoms with Crippen LogP contribution in [0.5, 0.6) is 0 Å². The quantitative estimate of drug-likeness (QED) is 0.621. The fourth-order valence-corrected chi connectivity index (χ4v) is 3.06. The van der Waals surface area contributed by atoms with E-state index >= 15 is 0 Å². The standard InChI is InChI=1S/C9H20N2O3S/c1-10-5-2-6-11-15(12,13)9-3-7-14-8-4-9/h9-11H,2-8H2,1H3. The molecule has 0 bridgehead atoms. The van der Waals surface area contributed by atoms with E-state index in [0.29, 0.717) is 32.6 Å². The van der Waals surface area contributed by atoms with Crippen molar-refractivity contribution in [2.24, 2.45) is 0 Å². The van der Waals surface area contributed by atoms with E-state index in [1.54, 1.807) is 0 Å². The van der Waals surface area contributed by atoms with Crippen molar-refractivity contribution in [1.29, 1.82) is 0 Å². The zero-order valence-electron chi connectivity index (χ0n) is 9.16. The first-order chi connectivity index (χ1) is 7.17. The molecule has 0 amide bonds. The number of hydrogen-bond donors (Lipinski definition) is 2. The van der Waals surface area contributed by atoms with E-state index in [4.69, 9.17) is 4.74 Å². The Kier molecular flexibility index (Phi) is 5.52. The molecule has 0 spiro atoms. The maximum absolute atomic E-state index is 11.8. The molecule has 0 unspecified atom stereocenters. The summed E-state index contributed by atoms with van der Waals surface area (Å²) in [5.41, 5.74) is 0. The molecule has 5 nitrogen and oxygen atoms in total. The lowest BCUT2D eigenvalue weighted by molar-refractivity contribution is 0.0981. The second-order valence-corrected chi connectivity index (χ2v) is 5.75. The minimum absolute atomic E-state index is 0.263. The summed E-state index contributed by atoms with van der Waals surface area (Å²) in [7, 11) is -1.27. The van der Waals surface area contributed by atoms with Gasteiger partial charge in [0.25, 0.3) is 0 Å². The summed E-state index contributed by atoms with van der Waals surface area (Å²) in [4.78, 5) is 0. The molecule has 1 heterocycles. The first kappa shape index (κ1) is 12.9. The third kappa shape index (κ3) is 4.46. The molecule has 2 N–H and O–H groups in total. The Bertz CT molecular complexity index is 261. The van der Waals surface area contributed by atoms with Gasteiger partial charge in [-0.15, -0.1) is 0 Å². The van der Waals surface area contributed by atoms with Gasteiger partial charge in [-0.3, -0.25) is 0 Å². The van der Waals surface area contributed by atoms with Crippen LogP contribution in [-0.2, 0) is 14.8 Å². The number of rotatable bonds is 6. The molecule has 0 aromatic rings. The number of nitrogens with one attached hydrogen (secondary N) is 2. The van der Waals surface area contributed by atoms with Gasteiger partial charge >= 0.3 is 0 Å². The molecule has 1 aliphatic rings. The second-order valence-electron chi connectivity index (χ2n) is 3.71. The fraction of sp³-hybridized carbons (Fsp3) is 1.00. The highest BCUT2D eigenvalue weighted by atomic mass is 32.2. The van der Waals surface area contributed by atoms with Gasteiger partial charge < -0.3 is 10.1 Å². The van der Waals surface area contributed by atoms with E-state index in [9.17, 15) is 8.42 Å². The van der Waals surface area contributed by atoms with Gasteiger partial charge in [0, 0.05) is 19.8 Å². The lowest BCUT2D eigenvalue weighted by Gasteiger charge is -2.22. The molecule has 15 heavy (non-hydrogen) atoms. The molecule has 0 aromatic heterocycles. The van der Waals surface area contributed by atoms with E-state index < -0.39 is 10.0 Å². The molecule has 0 saturated carbocycles. The van der Waals surface area contributed by atoms with E-state index in [2.05, 4.69) is 10.0 Å². The normalized spacial score (nSPS) is 19.3. The lowest BCUT2D eigenvalue weighted by Crippen LogP contribution is -2.38. The predicted octanol–water partition coefficient (Wildman–Crippen LogP) is -0.306. The molecule has 6 heteroatoms. The third-order valence-electron chi connectivity index (χ3n) is 2.51. The van der Waals surface area contributed by atoms with Crippen molar-refractivity contribution in [1.82, 2.24) is 10.0 Å². The van der Waals surface area contributed by atoms with Gasteiger partial charge in [0.15, 0.2) is 0 Å². The summed E-state index contributed by atoms with van der Waals surface area (Å²) in [5.74, 6) is 0. The SMILES string of the molecule is CNCCCNS(=O)(=O)C1CCOCC1. The molecule has 1 rings (SSSR count). The van der Waals surface area contributed by atoms with Crippen LogP contribution < -0.4 is 10.0 Å². The van der Waals surface area contributed by atoms with Crippen molar-refractivity contribution in [3.63, 3.8) is 0 Å². The average Bonchev–Trinajstić information content (AvgIpc) is 2.26. The Morgan fingerprint density at radius 1 is 1.27 bits per heavy atom. The van der Waals surface area contributed by atoms with Crippen molar-refractivity contribution in [2.45, 2.75) is 24.5 Å². The summed E-state index contributed by atoms with van der Waals surface area (Å²) in [6.45, 7) is 2.46. The van der Waals surface area contributed by atoms with Crippen molar-refractivity contribution in [3.05, 3.63) is 0 Å². The van der Waals surface area contributed by atoms with Gasteiger partial charge in [-0.1, -0.05) is 0 Å². The molecule has 0 atom stereocenters. The van der Waals surface area contributed by atoms with Crippen LogP contribution in [0.2, 0.25) is 0 Å². The van der Waals surface area contributed by atoms with Gasteiger partial charge in [0.2, 0.25) is 10.0 Å². The Morgan fingerprint density at radius 3 is 2.53 bits per heavy atom. The average molecular weight is 236 g/mol. The third-order valence-corrected chi connectivity index (χ3v) is 4.47. The summed E-state index contributed by atoms with van der Waals surface area (Å²) in [6, 6.07) is 0. The summed E-state index contributed by atoms with van der Waals surface area (Å²) in [6.07, 6.45) is 2.04. The van der Waals surface area contributed by atoms with Crippen LogP contribution in [0.25, 0.3) is 0 Å². The zero-order valence-corrected chi connectivity index (χ0v) is 9.98. The van der Waals surface area contributed by atoms with Crippen molar-refractivity contribution < 1.29 is 13.2 Å². The molecule has 1 fully saturated rings. The van der Waals surface area contributed by atoms with Crippen LogP contribution in [0.15, 0.2) is 0 Å². The minimum atomic E-state index is -3.12. The highest BCUT2D eigenvalue weighted by Gasteiger charge is 2.26. The van der Waals surface area contributed by atoms with Crippen LogP contribution in [0.4, 0.5) is 0 Å². The smallest absolute Gasteiger partial charge is 0.214 e. The van der Waals surface area contributed by atoms with Gasteiger partial charge in [-0.25, -0.2) is 13.1 Å². The van der Waals surface area contributed by atoms with E-state index in [0.717, 1.165) is 13.0 Å². The molecule has 0 aliphatic carbocycles. The predicted molar refractivity (Wildman–Crippen MR) is 59.3 cm³/mol. The minimum Gasteiger partial charge on any atom is -0.381 e. The first-order valence-electron chi connectivity index (χ1n) is 5.37. The van der Waals surface area contributed by atoms with Crippen molar-refractivity contribution in [2.75, 3.05) is 33.4 Å². The Hall–Kier alpha value is -0.170. The van der Waals surface area contributed by atoms with Gasteiger partial charge in [-0.2, -0.15) is 0 Å². The van der Waals surface area contributed by atoms with E-state index in [1.165, 1.54) is 0 Å². The summed E-state index contributed by atoms with van der Waals surface area (Å²) in [5, 5.41) is 2.72. The zero-order chi connectivity index (χ0) is 11.1. The Morgan fingerprint density at radius 2 is 1.93 bits per heavy atom. The number of sulfonamides is 1. The van der Waals surface area contributed by atoms with Crippen LogP contribution in [-0.4, -0.2) is 47.0 Å². The van der Waals surface area contributed by atoms with E-state index in [1.807, 2.05) is 7.05 Å². The monoisotopic (exact) mass is 236 g/mol. The second kappa shape index (κ2) is 6.42. The van der Waals surface area contributed by atoms with Crippen molar-refractivity contribution in [3.8, 4) is 0 Å². The number of ether oxygens (including phenoxy) is 1. The lowest BCUT2D eigenvalue weighted by atomic mass is 10.2. The summed E-state index contributed by atoms with van der Waals surface area (Å²) < 4.78 is 31.3. The van der Waals surface area contributed by atoms with Crippen LogP contribution in [0.3, 0.4) is 0 Å². The van der Waals surface area contributed by atoms with Gasteiger partial charge in [0.1, 0.15) is 0 Å². The number of hydrogen-bond acceptors (Lipinski definition) is 4.